The van der Waals surface area contributed by atoms with Gasteiger partial charge in [-0.2, -0.15) is 0 Å². The predicted octanol–water partition coefficient (Wildman–Crippen LogP) is 14.4. The van der Waals surface area contributed by atoms with Crippen LogP contribution in [0, 0.1) is 0 Å². The summed E-state index contributed by atoms with van der Waals surface area (Å²) >= 11 is 0. The molecule has 54 heavy (non-hydrogen) atoms. The molecule has 1 atom stereocenters. The molecule has 0 aromatic rings. The summed E-state index contributed by atoms with van der Waals surface area (Å²) in [7, 11) is 0. The van der Waals surface area contributed by atoms with E-state index in [1.54, 1.807) is 0 Å². The van der Waals surface area contributed by atoms with Crippen LogP contribution in [0.3, 0.4) is 0 Å². The Morgan fingerprint density at radius 3 is 1.28 bits per heavy atom. The lowest BCUT2D eigenvalue weighted by atomic mass is 10.1. The molecule has 0 radical (unpaired) electrons. The van der Waals surface area contributed by atoms with Crippen molar-refractivity contribution in [1.29, 1.82) is 0 Å². The van der Waals surface area contributed by atoms with Crippen molar-refractivity contribution >= 4 is 17.9 Å². The van der Waals surface area contributed by atoms with E-state index in [1.807, 2.05) is 0 Å². The standard InChI is InChI=1S/C48H84O6/c1-4-7-10-13-16-19-21-22-23-24-25-27-29-32-35-38-41-47(50)53-44-45(43-52-46(49)40-37-34-31-28-18-15-12-9-6-3)54-48(51)42-39-36-33-30-26-20-17-14-11-8-5-2/h9,12,18,23-25,27-28,45H,4-8,10-11,13-17,19-22,26,29-44H2,1-3H3/b12-9-,24-23-,27-25-,28-18-. The molecular weight excluding hydrogens is 673 g/mol. The number of hydrogen-bond donors (Lipinski definition) is 0. The third-order valence-electron chi connectivity index (χ3n) is 9.60. The largest absolute Gasteiger partial charge is 0.462 e. The second-order valence-corrected chi connectivity index (χ2v) is 15.0. The molecule has 0 rings (SSSR count). The van der Waals surface area contributed by atoms with E-state index >= 15 is 0 Å². The molecular formula is C48H84O6. The van der Waals surface area contributed by atoms with E-state index < -0.39 is 6.10 Å². The Morgan fingerprint density at radius 1 is 0.407 bits per heavy atom. The van der Waals surface area contributed by atoms with Gasteiger partial charge in [-0.3, -0.25) is 14.4 Å². The average molecular weight is 757 g/mol. The van der Waals surface area contributed by atoms with Crippen LogP contribution in [0.25, 0.3) is 0 Å². The molecule has 0 N–H and O–H groups in total. The maximum absolute atomic E-state index is 12.7. The molecule has 6 heteroatoms. The Hall–Kier alpha value is -2.63. The summed E-state index contributed by atoms with van der Waals surface area (Å²) in [5.74, 6) is -0.959. The monoisotopic (exact) mass is 757 g/mol. The van der Waals surface area contributed by atoms with Gasteiger partial charge in [-0.15, -0.1) is 0 Å². The molecule has 6 nitrogen and oxygen atoms in total. The van der Waals surface area contributed by atoms with Crippen molar-refractivity contribution in [2.75, 3.05) is 13.2 Å². The zero-order chi connectivity index (χ0) is 39.4. The van der Waals surface area contributed by atoms with Gasteiger partial charge >= 0.3 is 17.9 Å². The number of ether oxygens (including phenoxy) is 3. The molecule has 0 saturated carbocycles. The van der Waals surface area contributed by atoms with Crippen molar-refractivity contribution in [1.82, 2.24) is 0 Å². The van der Waals surface area contributed by atoms with Crippen LogP contribution < -0.4 is 0 Å². The molecule has 312 valence electrons. The quantitative estimate of drug-likeness (QED) is 0.0204. The van der Waals surface area contributed by atoms with Crippen LogP contribution in [-0.2, 0) is 28.6 Å². The highest BCUT2D eigenvalue weighted by molar-refractivity contribution is 5.71. The number of allylic oxidation sites excluding steroid dienone is 8. The maximum atomic E-state index is 12.7. The summed E-state index contributed by atoms with van der Waals surface area (Å²) in [6.07, 6.45) is 49.6. The van der Waals surface area contributed by atoms with Crippen molar-refractivity contribution in [2.24, 2.45) is 0 Å². The van der Waals surface area contributed by atoms with Crippen LogP contribution in [0.4, 0.5) is 0 Å². The summed E-state index contributed by atoms with van der Waals surface area (Å²) < 4.78 is 16.6. The summed E-state index contributed by atoms with van der Waals surface area (Å²) in [6, 6.07) is 0. The Balaban J connectivity index is 4.40. The van der Waals surface area contributed by atoms with E-state index in [2.05, 4.69) is 69.4 Å². The van der Waals surface area contributed by atoms with Gasteiger partial charge in [0.25, 0.3) is 0 Å². The minimum Gasteiger partial charge on any atom is -0.462 e. The first-order chi connectivity index (χ1) is 26.5. The van der Waals surface area contributed by atoms with Crippen molar-refractivity contribution in [2.45, 2.75) is 226 Å². The third-order valence-corrected chi connectivity index (χ3v) is 9.60. The smallest absolute Gasteiger partial charge is 0.306 e. The zero-order valence-corrected chi connectivity index (χ0v) is 35.5. The van der Waals surface area contributed by atoms with Crippen LogP contribution in [0.15, 0.2) is 48.6 Å². The molecule has 0 amide bonds. The van der Waals surface area contributed by atoms with Gasteiger partial charge in [0.2, 0.25) is 0 Å². The molecule has 0 spiro atoms. The lowest BCUT2D eigenvalue weighted by Gasteiger charge is -2.18. The summed E-state index contributed by atoms with van der Waals surface area (Å²) in [6.45, 7) is 6.43. The minimum atomic E-state index is -0.791. The molecule has 0 aromatic heterocycles. The van der Waals surface area contributed by atoms with Crippen molar-refractivity contribution < 1.29 is 28.6 Å². The van der Waals surface area contributed by atoms with Crippen LogP contribution >= 0.6 is 0 Å². The number of carbonyl (C=O) groups is 3. The van der Waals surface area contributed by atoms with Gasteiger partial charge in [0, 0.05) is 19.3 Å². The minimum absolute atomic E-state index is 0.0959. The van der Waals surface area contributed by atoms with E-state index in [4.69, 9.17) is 14.2 Å². The first kappa shape index (κ1) is 51.4. The predicted molar refractivity (Wildman–Crippen MR) is 229 cm³/mol. The second kappa shape index (κ2) is 43.1. The number of unbranched alkanes of at least 4 members (excludes halogenated alkanes) is 22. The molecule has 0 fully saturated rings. The van der Waals surface area contributed by atoms with Crippen molar-refractivity contribution in [3.05, 3.63) is 48.6 Å². The van der Waals surface area contributed by atoms with Gasteiger partial charge in [0.1, 0.15) is 13.2 Å². The topological polar surface area (TPSA) is 78.9 Å². The van der Waals surface area contributed by atoms with Gasteiger partial charge in [0.15, 0.2) is 6.10 Å². The molecule has 0 heterocycles. The number of esters is 3. The van der Waals surface area contributed by atoms with Crippen molar-refractivity contribution in [3.8, 4) is 0 Å². The number of hydrogen-bond acceptors (Lipinski definition) is 6. The normalized spacial score (nSPS) is 12.4. The fourth-order valence-electron chi connectivity index (χ4n) is 6.17. The Kier molecular flexibility index (Phi) is 41.0. The zero-order valence-electron chi connectivity index (χ0n) is 35.5. The summed E-state index contributed by atoms with van der Waals surface area (Å²) in [5, 5.41) is 0. The third kappa shape index (κ3) is 40.6. The number of carbonyl (C=O) groups excluding carboxylic acids is 3. The lowest BCUT2D eigenvalue weighted by molar-refractivity contribution is -0.167. The summed E-state index contributed by atoms with van der Waals surface area (Å²) in [4.78, 5) is 37.6. The van der Waals surface area contributed by atoms with Crippen LogP contribution in [0.2, 0.25) is 0 Å². The van der Waals surface area contributed by atoms with E-state index in [0.29, 0.717) is 19.3 Å². The van der Waals surface area contributed by atoms with Gasteiger partial charge in [-0.1, -0.05) is 179 Å². The fourth-order valence-corrected chi connectivity index (χ4v) is 6.17. The van der Waals surface area contributed by atoms with Crippen LogP contribution in [0.1, 0.15) is 220 Å². The van der Waals surface area contributed by atoms with Gasteiger partial charge in [-0.25, -0.2) is 0 Å². The van der Waals surface area contributed by atoms with E-state index in [9.17, 15) is 14.4 Å². The average Bonchev–Trinajstić information content (AvgIpc) is 3.17. The molecule has 0 aromatic carbocycles. The van der Waals surface area contributed by atoms with Gasteiger partial charge in [-0.05, 0) is 70.6 Å². The molecule has 0 bridgehead atoms. The van der Waals surface area contributed by atoms with E-state index in [1.165, 1.54) is 96.3 Å². The fraction of sp³-hybridized carbons (Fsp3) is 0.771. The van der Waals surface area contributed by atoms with Crippen molar-refractivity contribution in [3.63, 3.8) is 0 Å². The molecule has 0 aliphatic heterocycles. The highest BCUT2D eigenvalue weighted by Crippen LogP contribution is 2.14. The number of rotatable bonds is 40. The Bertz CT molecular complexity index is 964. The Labute approximate surface area is 333 Å². The molecule has 0 saturated heterocycles. The Morgan fingerprint density at radius 2 is 0.778 bits per heavy atom. The highest BCUT2D eigenvalue weighted by atomic mass is 16.6. The first-order valence-electron chi connectivity index (χ1n) is 22.7. The second-order valence-electron chi connectivity index (χ2n) is 15.0. The SMILES string of the molecule is CC/C=C\C/C=C\CCCCC(=O)OCC(COC(=O)CCCCC/C=C\C=C/CCCCCCCCC)OC(=O)CCCCCCCCCCCCC. The van der Waals surface area contributed by atoms with Gasteiger partial charge < -0.3 is 14.2 Å². The highest BCUT2D eigenvalue weighted by Gasteiger charge is 2.19. The first-order valence-corrected chi connectivity index (χ1v) is 22.7. The summed E-state index contributed by atoms with van der Waals surface area (Å²) in [5.41, 5.74) is 0. The lowest BCUT2D eigenvalue weighted by Crippen LogP contribution is -2.30. The van der Waals surface area contributed by atoms with E-state index in [-0.39, 0.29) is 31.1 Å². The van der Waals surface area contributed by atoms with Crippen LogP contribution in [-0.4, -0.2) is 37.2 Å². The molecule has 0 aliphatic rings. The van der Waals surface area contributed by atoms with Gasteiger partial charge in [0.05, 0.1) is 0 Å². The van der Waals surface area contributed by atoms with E-state index in [0.717, 1.165) is 83.5 Å². The van der Waals surface area contributed by atoms with Crippen LogP contribution in [0.5, 0.6) is 0 Å². The molecule has 0 aliphatic carbocycles. The molecule has 1 unspecified atom stereocenters. The maximum Gasteiger partial charge on any atom is 0.306 e.